The Morgan fingerprint density at radius 2 is 1.95 bits per heavy atom. The highest BCUT2D eigenvalue weighted by molar-refractivity contribution is 14.1. The number of anilines is 1. The van der Waals surface area contributed by atoms with Gasteiger partial charge in [0.15, 0.2) is 0 Å². The van der Waals surface area contributed by atoms with Crippen LogP contribution in [0.3, 0.4) is 0 Å². The first-order valence-corrected chi connectivity index (χ1v) is 8.04. The van der Waals surface area contributed by atoms with Gasteiger partial charge < -0.3 is 10.6 Å². The van der Waals surface area contributed by atoms with Crippen LogP contribution >= 0.6 is 34.2 Å². The highest BCUT2D eigenvalue weighted by atomic mass is 127. The summed E-state index contributed by atoms with van der Waals surface area (Å²) < 4.78 is 1.14. The summed E-state index contributed by atoms with van der Waals surface area (Å²) in [6.07, 6.45) is 0. The van der Waals surface area contributed by atoms with Gasteiger partial charge in [0, 0.05) is 20.3 Å². The normalized spacial score (nSPS) is 12.0. The van der Waals surface area contributed by atoms with Gasteiger partial charge in [-0.1, -0.05) is 23.7 Å². The summed E-state index contributed by atoms with van der Waals surface area (Å²) in [5.74, 6) is -0.0647. The van der Waals surface area contributed by atoms with Gasteiger partial charge in [-0.3, -0.25) is 4.79 Å². The molecular weight excluding hydrogens is 399 g/mol. The molecule has 0 fully saturated rings. The first-order chi connectivity index (χ1) is 10.0. The third-order valence-corrected chi connectivity index (χ3v) is 4.00. The zero-order valence-corrected chi connectivity index (χ0v) is 14.5. The van der Waals surface area contributed by atoms with E-state index < -0.39 is 0 Å². The van der Waals surface area contributed by atoms with Crippen molar-refractivity contribution in [1.82, 2.24) is 5.32 Å². The Morgan fingerprint density at radius 3 is 2.62 bits per heavy atom. The van der Waals surface area contributed by atoms with Gasteiger partial charge in [0.25, 0.3) is 0 Å². The third kappa shape index (κ3) is 5.30. The van der Waals surface area contributed by atoms with Crippen molar-refractivity contribution in [2.24, 2.45) is 0 Å². The fraction of sp³-hybridized carbons (Fsp3) is 0.188. The lowest BCUT2D eigenvalue weighted by Crippen LogP contribution is -2.30. The second-order valence-corrected chi connectivity index (χ2v) is 6.39. The summed E-state index contributed by atoms with van der Waals surface area (Å²) in [6.45, 7) is 2.25. The Hall–Kier alpha value is -1.11. The molecule has 1 atom stereocenters. The molecule has 0 radical (unpaired) electrons. The summed E-state index contributed by atoms with van der Waals surface area (Å²) in [7, 11) is 0. The lowest BCUT2D eigenvalue weighted by atomic mass is 10.1. The van der Waals surface area contributed by atoms with Crippen molar-refractivity contribution in [3.8, 4) is 0 Å². The largest absolute Gasteiger partial charge is 0.325 e. The minimum Gasteiger partial charge on any atom is -0.325 e. The van der Waals surface area contributed by atoms with Crippen molar-refractivity contribution in [1.29, 1.82) is 0 Å². The van der Waals surface area contributed by atoms with Crippen LogP contribution in [0.2, 0.25) is 5.02 Å². The van der Waals surface area contributed by atoms with E-state index in [9.17, 15) is 4.79 Å². The van der Waals surface area contributed by atoms with Crippen LogP contribution in [0.4, 0.5) is 5.69 Å². The molecule has 0 saturated heterocycles. The van der Waals surface area contributed by atoms with Gasteiger partial charge in [0.05, 0.1) is 6.54 Å². The molecule has 0 aliphatic carbocycles. The van der Waals surface area contributed by atoms with Crippen molar-refractivity contribution in [2.45, 2.75) is 13.0 Å². The number of nitrogens with one attached hydrogen (secondary N) is 2. The molecule has 0 aromatic heterocycles. The highest BCUT2D eigenvalue weighted by Crippen LogP contribution is 2.17. The first-order valence-electron chi connectivity index (χ1n) is 6.59. The quantitative estimate of drug-likeness (QED) is 0.719. The lowest BCUT2D eigenvalue weighted by molar-refractivity contribution is -0.115. The van der Waals surface area contributed by atoms with Gasteiger partial charge in [-0.2, -0.15) is 0 Å². The van der Waals surface area contributed by atoms with Gasteiger partial charge in [0.2, 0.25) is 5.91 Å². The average molecular weight is 415 g/mol. The Labute approximate surface area is 143 Å². The smallest absolute Gasteiger partial charge is 0.238 e. The molecule has 0 spiro atoms. The molecule has 110 valence electrons. The molecule has 3 nitrogen and oxygen atoms in total. The van der Waals surface area contributed by atoms with E-state index in [0.29, 0.717) is 5.02 Å². The zero-order valence-electron chi connectivity index (χ0n) is 11.6. The van der Waals surface area contributed by atoms with Crippen molar-refractivity contribution in [3.05, 3.63) is 62.7 Å². The number of benzene rings is 2. The molecular formula is C16H16ClIN2O. The van der Waals surface area contributed by atoms with Gasteiger partial charge in [-0.25, -0.2) is 0 Å². The van der Waals surface area contributed by atoms with Crippen LogP contribution in [-0.4, -0.2) is 12.5 Å². The number of amides is 1. The van der Waals surface area contributed by atoms with Crippen molar-refractivity contribution in [3.63, 3.8) is 0 Å². The number of carbonyl (C=O) groups is 1. The number of rotatable bonds is 5. The molecule has 0 heterocycles. The molecule has 2 rings (SSSR count). The molecule has 2 aromatic rings. The van der Waals surface area contributed by atoms with E-state index in [2.05, 4.69) is 33.2 Å². The Bertz CT molecular complexity index is 616. The summed E-state index contributed by atoms with van der Waals surface area (Å²) in [6, 6.07) is 15.4. The molecule has 0 bridgehead atoms. The van der Waals surface area contributed by atoms with Crippen LogP contribution in [0.25, 0.3) is 0 Å². The van der Waals surface area contributed by atoms with Gasteiger partial charge in [-0.15, -0.1) is 0 Å². The Kier molecular flexibility index (Phi) is 6.02. The maximum atomic E-state index is 11.9. The molecule has 21 heavy (non-hydrogen) atoms. The number of hydrogen-bond donors (Lipinski definition) is 2. The lowest BCUT2D eigenvalue weighted by Gasteiger charge is -2.14. The molecule has 5 heteroatoms. The number of carbonyl (C=O) groups excluding carboxylic acids is 1. The Morgan fingerprint density at radius 1 is 1.24 bits per heavy atom. The fourth-order valence-electron chi connectivity index (χ4n) is 1.88. The Balaban J connectivity index is 1.84. The SMILES string of the molecule is C[C@H](NCC(=O)Nc1ccc(I)cc1)c1cccc(Cl)c1. The predicted molar refractivity (Wildman–Crippen MR) is 95.7 cm³/mol. The first kappa shape index (κ1) is 16.3. The standard InChI is InChI=1S/C16H16ClIN2O/c1-11(12-3-2-4-13(17)9-12)19-10-16(21)20-15-7-5-14(18)6-8-15/h2-9,11,19H,10H2,1H3,(H,20,21)/t11-/m0/s1. The van der Waals surface area contributed by atoms with E-state index in [0.717, 1.165) is 14.8 Å². The molecule has 0 saturated carbocycles. The minimum atomic E-state index is -0.0647. The van der Waals surface area contributed by atoms with Crippen molar-refractivity contribution < 1.29 is 4.79 Å². The van der Waals surface area contributed by atoms with Crippen LogP contribution in [-0.2, 0) is 4.79 Å². The summed E-state index contributed by atoms with van der Waals surface area (Å²) >= 11 is 8.19. The van der Waals surface area contributed by atoms with Crippen LogP contribution in [0.15, 0.2) is 48.5 Å². The second kappa shape index (κ2) is 7.77. The van der Waals surface area contributed by atoms with E-state index in [4.69, 9.17) is 11.6 Å². The zero-order chi connectivity index (χ0) is 15.2. The minimum absolute atomic E-state index is 0.0613. The molecule has 0 unspecified atom stereocenters. The maximum absolute atomic E-state index is 11.9. The van der Waals surface area contributed by atoms with E-state index in [1.54, 1.807) is 0 Å². The topological polar surface area (TPSA) is 41.1 Å². The van der Waals surface area contributed by atoms with Crippen LogP contribution in [0, 0.1) is 3.57 Å². The van der Waals surface area contributed by atoms with E-state index >= 15 is 0 Å². The second-order valence-electron chi connectivity index (χ2n) is 4.71. The van der Waals surface area contributed by atoms with Gasteiger partial charge >= 0.3 is 0 Å². The monoisotopic (exact) mass is 414 g/mol. The molecule has 0 aliphatic rings. The van der Waals surface area contributed by atoms with Crippen molar-refractivity contribution >= 4 is 45.8 Å². The average Bonchev–Trinajstić information content (AvgIpc) is 2.47. The van der Waals surface area contributed by atoms with Crippen molar-refractivity contribution in [2.75, 3.05) is 11.9 Å². The molecule has 0 aliphatic heterocycles. The molecule has 1 amide bonds. The van der Waals surface area contributed by atoms with E-state index in [-0.39, 0.29) is 18.5 Å². The van der Waals surface area contributed by atoms with Gasteiger partial charge in [0.1, 0.15) is 0 Å². The highest BCUT2D eigenvalue weighted by Gasteiger charge is 2.08. The maximum Gasteiger partial charge on any atom is 0.238 e. The summed E-state index contributed by atoms with van der Waals surface area (Å²) in [5, 5.41) is 6.74. The van der Waals surface area contributed by atoms with Crippen LogP contribution in [0.5, 0.6) is 0 Å². The summed E-state index contributed by atoms with van der Waals surface area (Å²) in [4.78, 5) is 11.9. The predicted octanol–water partition coefficient (Wildman–Crippen LogP) is 4.23. The van der Waals surface area contributed by atoms with E-state index in [1.807, 2.05) is 55.5 Å². The van der Waals surface area contributed by atoms with Crippen LogP contribution < -0.4 is 10.6 Å². The fourth-order valence-corrected chi connectivity index (χ4v) is 2.44. The summed E-state index contributed by atoms with van der Waals surface area (Å²) in [5.41, 5.74) is 1.86. The van der Waals surface area contributed by atoms with Crippen LogP contribution in [0.1, 0.15) is 18.5 Å². The van der Waals surface area contributed by atoms with E-state index in [1.165, 1.54) is 0 Å². The number of hydrogen-bond acceptors (Lipinski definition) is 2. The van der Waals surface area contributed by atoms with Gasteiger partial charge in [-0.05, 0) is 71.5 Å². The molecule has 2 N–H and O–H groups in total. The molecule has 2 aromatic carbocycles. The third-order valence-electron chi connectivity index (χ3n) is 3.05. The number of halogens is 2.